The third-order valence-electron chi connectivity index (χ3n) is 2.87. The van der Waals surface area contributed by atoms with Crippen LogP contribution in [0.4, 0.5) is 5.69 Å². The summed E-state index contributed by atoms with van der Waals surface area (Å²) in [5.41, 5.74) is 1.45. The fraction of sp³-hybridized carbons (Fsp3) is 0.200. The lowest BCUT2D eigenvalue weighted by Gasteiger charge is -2.09. The summed E-state index contributed by atoms with van der Waals surface area (Å²) in [6.07, 6.45) is 1.95. The number of sulfonamides is 1. The molecule has 0 saturated carbocycles. The number of hydrogen-bond acceptors (Lipinski definition) is 3. The largest absolute Gasteiger partial charge is 0.508 e. The standard InChI is InChI=1S/C15H17NO3S/c1-2-4-12-7-9-15(10-8-12)20(18,19)16-13-5-3-6-14(17)11-13/h3,5-11,16-17H,2,4H2,1H3. The van der Waals surface area contributed by atoms with Crippen LogP contribution < -0.4 is 4.72 Å². The molecule has 5 heteroatoms. The first kappa shape index (κ1) is 14.4. The van der Waals surface area contributed by atoms with Gasteiger partial charge in [0.2, 0.25) is 0 Å². The molecule has 0 saturated heterocycles. The molecular weight excluding hydrogens is 274 g/mol. The van der Waals surface area contributed by atoms with Crippen LogP contribution in [0.1, 0.15) is 18.9 Å². The maximum atomic E-state index is 12.2. The van der Waals surface area contributed by atoms with Gasteiger partial charge in [-0.25, -0.2) is 8.42 Å². The van der Waals surface area contributed by atoms with Crippen LogP contribution in [0.2, 0.25) is 0 Å². The zero-order valence-electron chi connectivity index (χ0n) is 11.2. The van der Waals surface area contributed by atoms with E-state index in [0.29, 0.717) is 5.69 Å². The van der Waals surface area contributed by atoms with Gasteiger partial charge in [0.15, 0.2) is 0 Å². The van der Waals surface area contributed by atoms with E-state index >= 15 is 0 Å². The molecule has 2 rings (SSSR count). The zero-order valence-corrected chi connectivity index (χ0v) is 12.0. The minimum atomic E-state index is -3.62. The zero-order chi connectivity index (χ0) is 14.6. The third-order valence-corrected chi connectivity index (χ3v) is 4.27. The Morgan fingerprint density at radius 3 is 2.40 bits per heavy atom. The molecule has 0 aliphatic carbocycles. The average Bonchev–Trinajstić information content (AvgIpc) is 2.39. The summed E-state index contributed by atoms with van der Waals surface area (Å²) < 4.78 is 26.8. The molecule has 0 atom stereocenters. The van der Waals surface area contributed by atoms with Gasteiger partial charge >= 0.3 is 0 Å². The summed E-state index contributed by atoms with van der Waals surface area (Å²) >= 11 is 0. The molecule has 2 N–H and O–H groups in total. The fourth-order valence-electron chi connectivity index (χ4n) is 1.91. The van der Waals surface area contributed by atoms with E-state index in [1.165, 1.54) is 12.1 Å². The lowest BCUT2D eigenvalue weighted by atomic mass is 10.1. The highest BCUT2D eigenvalue weighted by atomic mass is 32.2. The minimum absolute atomic E-state index is 0.0171. The topological polar surface area (TPSA) is 66.4 Å². The normalized spacial score (nSPS) is 11.2. The van der Waals surface area contributed by atoms with Crippen LogP contribution in [-0.4, -0.2) is 13.5 Å². The Kier molecular flexibility index (Phi) is 4.29. The van der Waals surface area contributed by atoms with Gasteiger partial charge in [0, 0.05) is 6.07 Å². The van der Waals surface area contributed by atoms with Crippen LogP contribution in [0.3, 0.4) is 0 Å². The van der Waals surface area contributed by atoms with Crippen molar-refractivity contribution in [3.05, 3.63) is 54.1 Å². The number of phenolic OH excluding ortho intramolecular Hbond substituents is 1. The first-order chi connectivity index (χ1) is 9.51. The molecule has 0 unspecified atom stereocenters. The monoisotopic (exact) mass is 291 g/mol. The average molecular weight is 291 g/mol. The Bertz CT molecular complexity index is 679. The van der Waals surface area contributed by atoms with Crippen LogP contribution in [0, 0.1) is 0 Å². The van der Waals surface area contributed by atoms with Crippen molar-refractivity contribution in [2.45, 2.75) is 24.7 Å². The van der Waals surface area contributed by atoms with Crippen molar-refractivity contribution < 1.29 is 13.5 Å². The molecule has 20 heavy (non-hydrogen) atoms. The van der Waals surface area contributed by atoms with Crippen molar-refractivity contribution in [1.29, 1.82) is 0 Å². The molecule has 2 aromatic carbocycles. The smallest absolute Gasteiger partial charge is 0.261 e. The van der Waals surface area contributed by atoms with Crippen LogP contribution >= 0.6 is 0 Å². The van der Waals surface area contributed by atoms with Crippen molar-refractivity contribution in [2.75, 3.05) is 4.72 Å². The Morgan fingerprint density at radius 2 is 1.80 bits per heavy atom. The highest BCUT2D eigenvalue weighted by molar-refractivity contribution is 7.92. The number of anilines is 1. The lowest BCUT2D eigenvalue weighted by Crippen LogP contribution is -2.12. The summed E-state index contributed by atoms with van der Waals surface area (Å²) in [5, 5.41) is 9.34. The van der Waals surface area contributed by atoms with Gasteiger partial charge in [-0.15, -0.1) is 0 Å². The van der Waals surface area contributed by atoms with Crippen LogP contribution in [-0.2, 0) is 16.4 Å². The Morgan fingerprint density at radius 1 is 1.10 bits per heavy atom. The van der Waals surface area contributed by atoms with E-state index in [2.05, 4.69) is 11.6 Å². The summed E-state index contributed by atoms with van der Waals surface area (Å²) in [6, 6.07) is 12.8. The third kappa shape index (κ3) is 3.51. The Labute approximate surface area is 119 Å². The SMILES string of the molecule is CCCc1ccc(S(=O)(=O)Nc2cccc(O)c2)cc1. The molecule has 106 valence electrons. The molecule has 0 aromatic heterocycles. The number of phenols is 1. The van der Waals surface area contributed by atoms with Gasteiger partial charge in [-0.2, -0.15) is 0 Å². The first-order valence-electron chi connectivity index (χ1n) is 6.42. The molecule has 0 bridgehead atoms. The maximum absolute atomic E-state index is 12.2. The molecule has 0 aliphatic rings. The Hall–Kier alpha value is -2.01. The summed E-state index contributed by atoms with van der Waals surface area (Å²) in [4.78, 5) is 0.209. The molecule has 2 aromatic rings. The molecule has 4 nitrogen and oxygen atoms in total. The van der Waals surface area contributed by atoms with Crippen molar-refractivity contribution in [2.24, 2.45) is 0 Å². The van der Waals surface area contributed by atoms with E-state index in [1.807, 2.05) is 12.1 Å². The second-order valence-corrected chi connectivity index (χ2v) is 6.23. The predicted octanol–water partition coefficient (Wildman–Crippen LogP) is 3.15. The predicted molar refractivity (Wildman–Crippen MR) is 79.4 cm³/mol. The van der Waals surface area contributed by atoms with E-state index in [0.717, 1.165) is 18.4 Å². The van der Waals surface area contributed by atoms with Gasteiger partial charge in [0.25, 0.3) is 10.0 Å². The first-order valence-corrected chi connectivity index (χ1v) is 7.90. The van der Waals surface area contributed by atoms with Gasteiger partial charge in [0.1, 0.15) is 5.75 Å². The molecule has 0 heterocycles. The summed E-state index contributed by atoms with van der Waals surface area (Å²) in [7, 11) is -3.62. The van der Waals surface area contributed by atoms with Crippen molar-refractivity contribution >= 4 is 15.7 Å². The number of hydrogen-bond donors (Lipinski definition) is 2. The van der Waals surface area contributed by atoms with E-state index in [4.69, 9.17) is 0 Å². The molecule has 0 radical (unpaired) electrons. The molecular formula is C15H17NO3S. The van der Waals surface area contributed by atoms with Crippen molar-refractivity contribution in [3.63, 3.8) is 0 Å². The summed E-state index contributed by atoms with van der Waals surface area (Å²) in [5.74, 6) is 0.0171. The molecule has 0 fully saturated rings. The van der Waals surface area contributed by atoms with Crippen molar-refractivity contribution in [3.8, 4) is 5.75 Å². The maximum Gasteiger partial charge on any atom is 0.261 e. The number of rotatable bonds is 5. The number of aryl methyl sites for hydroxylation is 1. The minimum Gasteiger partial charge on any atom is -0.508 e. The van der Waals surface area contributed by atoms with Gasteiger partial charge in [-0.1, -0.05) is 31.5 Å². The molecule has 0 spiro atoms. The second-order valence-electron chi connectivity index (χ2n) is 4.55. The number of nitrogens with one attached hydrogen (secondary N) is 1. The van der Waals surface area contributed by atoms with Gasteiger partial charge < -0.3 is 5.11 Å². The number of benzene rings is 2. The van der Waals surface area contributed by atoms with E-state index in [-0.39, 0.29) is 10.6 Å². The van der Waals surface area contributed by atoms with Crippen LogP contribution in [0.15, 0.2) is 53.4 Å². The van der Waals surface area contributed by atoms with Crippen molar-refractivity contribution in [1.82, 2.24) is 0 Å². The number of aromatic hydroxyl groups is 1. The van der Waals surface area contributed by atoms with E-state index < -0.39 is 10.0 Å². The fourth-order valence-corrected chi connectivity index (χ4v) is 2.96. The van der Waals surface area contributed by atoms with Gasteiger partial charge in [-0.05, 0) is 36.2 Å². The van der Waals surface area contributed by atoms with E-state index in [1.54, 1.807) is 24.3 Å². The Balaban J connectivity index is 2.21. The van der Waals surface area contributed by atoms with Crippen LogP contribution in [0.25, 0.3) is 0 Å². The highest BCUT2D eigenvalue weighted by Crippen LogP contribution is 2.20. The van der Waals surface area contributed by atoms with Gasteiger partial charge in [-0.3, -0.25) is 4.72 Å². The molecule has 0 amide bonds. The lowest BCUT2D eigenvalue weighted by molar-refractivity contribution is 0.475. The van der Waals surface area contributed by atoms with Crippen LogP contribution in [0.5, 0.6) is 5.75 Å². The quantitative estimate of drug-likeness (QED) is 0.889. The second kappa shape index (κ2) is 5.96. The van der Waals surface area contributed by atoms with E-state index in [9.17, 15) is 13.5 Å². The molecule has 0 aliphatic heterocycles. The summed E-state index contributed by atoms with van der Waals surface area (Å²) in [6.45, 7) is 2.08. The van der Waals surface area contributed by atoms with Gasteiger partial charge in [0.05, 0.1) is 10.6 Å². The highest BCUT2D eigenvalue weighted by Gasteiger charge is 2.14.